The molecule has 2 heterocycles. The minimum atomic E-state index is -0.339. The smallest absolute Gasteiger partial charge is 0.253 e. The average molecular weight is 517 g/mol. The van der Waals surface area contributed by atoms with Gasteiger partial charge < -0.3 is 20.3 Å². The molecule has 1 saturated heterocycles. The van der Waals surface area contributed by atoms with Crippen LogP contribution in [0, 0.1) is 5.82 Å². The number of carbonyl (C=O) groups is 2. The van der Waals surface area contributed by atoms with Gasteiger partial charge in [0.05, 0.1) is 25.2 Å². The van der Waals surface area contributed by atoms with E-state index in [9.17, 15) is 14.0 Å². The second-order valence-corrected chi connectivity index (χ2v) is 9.73. The quantitative estimate of drug-likeness (QED) is 0.479. The van der Waals surface area contributed by atoms with Crippen LogP contribution in [-0.2, 0) is 28.9 Å². The van der Waals surface area contributed by atoms with Gasteiger partial charge in [-0.3, -0.25) is 14.5 Å². The van der Waals surface area contributed by atoms with Crippen LogP contribution in [-0.4, -0.2) is 62.7 Å². The van der Waals surface area contributed by atoms with Crippen LogP contribution in [0.25, 0.3) is 0 Å². The molecule has 0 atom stereocenters. The van der Waals surface area contributed by atoms with Crippen LogP contribution < -0.4 is 15.5 Å². The molecule has 2 aliphatic rings. The number of rotatable bonds is 8. The maximum Gasteiger partial charge on any atom is 0.253 e. The molecular weight excluding hydrogens is 483 g/mol. The highest BCUT2D eigenvalue weighted by atomic mass is 19.1. The molecule has 5 rings (SSSR count). The number of nitrogens with one attached hydrogen (secondary N) is 2. The molecular formula is C30H33FN4O3. The van der Waals surface area contributed by atoms with Gasteiger partial charge in [0.1, 0.15) is 5.82 Å². The predicted molar refractivity (Wildman–Crippen MR) is 146 cm³/mol. The number of morpholine rings is 1. The lowest BCUT2D eigenvalue weighted by Gasteiger charge is -2.32. The first-order chi connectivity index (χ1) is 18.5. The molecule has 1 fully saturated rings. The van der Waals surface area contributed by atoms with Crippen molar-refractivity contribution in [1.82, 2.24) is 10.2 Å². The third-order valence-electron chi connectivity index (χ3n) is 7.09. The zero-order valence-electron chi connectivity index (χ0n) is 21.4. The normalized spacial score (nSPS) is 15.6. The largest absolute Gasteiger partial charge is 0.379 e. The first kappa shape index (κ1) is 25.9. The molecule has 198 valence electrons. The van der Waals surface area contributed by atoms with Crippen molar-refractivity contribution >= 4 is 23.2 Å². The summed E-state index contributed by atoms with van der Waals surface area (Å²) >= 11 is 0. The maximum atomic E-state index is 13.4. The van der Waals surface area contributed by atoms with Crippen LogP contribution in [0.3, 0.4) is 0 Å². The minimum absolute atomic E-state index is 0.117. The van der Waals surface area contributed by atoms with Crippen molar-refractivity contribution in [2.24, 2.45) is 0 Å². The number of halogens is 1. The topological polar surface area (TPSA) is 73.9 Å². The Morgan fingerprint density at radius 1 is 0.921 bits per heavy atom. The molecule has 0 saturated carbocycles. The van der Waals surface area contributed by atoms with Crippen molar-refractivity contribution in [1.29, 1.82) is 0 Å². The Balaban J connectivity index is 1.32. The Morgan fingerprint density at radius 3 is 2.47 bits per heavy atom. The van der Waals surface area contributed by atoms with E-state index in [0.717, 1.165) is 44.8 Å². The first-order valence-electron chi connectivity index (χ1n) is 13.1. The van der Waals surface area contributed by atoms with Gasteiger partial charge in [-0.1, -0.05) is 36.4 Å². The molecule has 2 amide bonds. The van der Waals surface area contributed by atoms with Gasteiger partial charge in [-0.05, 0) is 53.4 Å². The Kier molecular flexibility index (Phi) is 8.31. The SMILES string of the molecule is O=C(Cc1ccc(F)cc1)Nc1ccc(N2CCc3ccccc3C2)c(C(=O)NCCN2CCOCC2)c1. The maximum absolute atomic E-state index is 13.4. The molecule has 2 N–H and O–H groups in total. The number of ether oxygens (including phenoxy) is 1. The molecule has 0 spiro atoms. The summed E-state index contributed by atoms with van der Waals surface area (Å²) in [5.74, 6) is -0.731. The van der Waals surface area contributed by atoms with Crippen molar-refractivity contribution < 1.29 is 18.7 Å². The van der Waals surface area contributed by atoms with Gasteiger partial charge >= 0.3 is 0 Å². The second kappa shape index (κ2) is 12.2. The van der Waals surface area contributed by atoms with E-state index < -0.39 is 0 Å². The van der Waals surface area contributed by atoms with Crippen molar-refractivity contribution in [2.75, 3.05) is 56.2 Å². The molecule has 0 aliphatic carbocycles. The van der Waals surface area contributed by atoms with Crippen LogP contribution in [0.15, 0.2) is 66.7 Å². The number of hydrogen-bond acceptors (Lipinski definition) is 5. The average Bonchev–Trinajstić information content (AvgIpc) is 2.94. The fraction of sp³-hybridized carbons (Fsp3) is 0.333. The molecule has 2 aliphatic heterocycles. The summed E-state index contributed by atoms with van der Waals surface area (Å²) in [6.45, 7) is 5.98. The Morgan fingerprint density at radius 2 is 1.68 bits per heavy atom. The van der Waals surface area contributed by atoms with E-state index in [1.165, 1.54) is 23.3 Å². The molecule has 0 bridgehead atoms. The number of fused-ring (bicyclic) bond motifs is 1. The van der Waals surface area contributed by atoms with E-state index in [-0.39, 0.29) is 24.1 Å². The number of carbonyl (C=O) groups excluding carboxylic acids is 2. The summed E-state index contributed by atoms with van der Waals surface area (Å²) in [5, 5.41) is 5.97. The number of anilines is 2. The highest BCUT2D eigenvalue weighted by molar-refractivity contribution is 6.02. The molecule has 7 nitrogen and oxygen atoms in total. The first-order valence-corrected chi connectivity index (χ1v) is 13.1. The Labute approximate surface area is 222 Å². The third-order valence-corrected chi connectivity index (χ3v) is 7.09. The molecule has 8 heteroatoms. The van der Waals surface area contributed by atoms with E-state index >= 15 is 0 Å². The summed E-state index contributed by atoms with van der Waals surface area (Å²) in [5.41, 5.74) is 5.25. The Hall–Kier alpha value is -3.75. The molecule has 3 aromatic carbocycles. The molecule has 0 aromatic heterocycles. The van der Waals surface area contributed by atoms with Gasteiger partial charge in [-0.25, -0.2) is 4.39 Å². The van der Waals surface area contributed by atoms with E-state index in [0.29, 0.717) is 36.6 Å². The number of benzene rings is 3. The van der Waals surface area contributed by atoms with Gasteiger partial charge in [0.2, 0.25) is 5.91 Å². The molecule has 38 heavy (non-hydrogen) atoms. The van der Waals surface area contributed by atoms with Gasteiger partial charge in [0.15, 0.2) is 0 Å². The van der Waals surface area contributed by atoms with Gasteiger partial charge in [0.25, 0.3) is 5.91 Å². The number of hydrogen-bond donors (Lipinski definition) is 2. The van der Waals surface area contributed by atoms with E-state index in [4.69, 9.17) is 4.74 Å². The molecule has 3 aromatic rings. The predicted octanol–water partition coefficient (Wildman–Crippen LogP) is 3.63. The zero-order chi connectivity index (χ0) is 26.3. The monoisotopic (exact) mass is 516 g/mol. The molecule has 0 radical (unpaired) electrons. The van der Waals surface area contributed by atoms with Gasteiger partial charge in [-0.15, -0.1) is 0 Å². The van der Waals surface area contributed by atoms with E-state index in [1.54, 1.807) is 18.2 Å². The summed E-state index contributed by atoms with van der Waals surface area (Å²) in [6, 6.07) is 19.8. The van der Waals surface area contributed by atoms with Crippen LogP contribution in [0.4, 0.5) is 15.8 Å². The third kappa shape index (κ3) is 6.57. The van der Waals surface area contributed by atoms with Crippen LogP contribution in [0.2, 0.25) is 0 Å². The zero-order valence-corrected chi connectivity index (χ0v) is 21.4. The second-order valence-electron chi connectivity index (χ2n) is 9.73. The summed E-state index contributed by atoms with van der Waals surface area (Å²) in [4.78, 5) is 30.6. The number of amides is 2. The van der Waals surface area contributed by atoms with Crippen molar-refractivity contribution in [3.8, 4) is 0 Å². The highest BCUT2D eigenvalue weighted by Crippen LogP contribution is 2.29. The summed E-state index contributed by atoms with van der Waals surface area (Å²) in [7, 11) is 0. The fourth-order valence-electron chi connectivity index (χ4n) is 5.01. The lowest BCUT2D eigenvalue weighted by Crippen LogP contribution is -2.41. The van der Waals surface area contributed by atoms with E-state index in [1.807, 2.05) is 18.2 Å². The highest BCUT2D eigenvalue weighted by Gasteiger charge is 2.22. The Bertz CT molecular complexity index is 1270. The standard InChI is InChI=1S/C30H33FN4O3/c31-25-7-5-22(6-8-25)19-29(36)33-26-9-10-28(35-13-11-23-3-1-2-4-24(23)21-35)27(20-26)30(37)32-12-14-34-15-17-38-18-16-34/h1-10,20H,11-19,21H2,(H,32,37)(H,33,36). The van der Waals surface area contributed by atoms with Crippen LogP contribution in [0.5, 0.6) is 0 Å². The van der Waals surface area contributed by atoms with Crippen molar-refractivity contribution in [2.45, 2.75) is 19.4 Å². The van der Waals surface area contributed by atoms with Crippen LogP contribution >= 0.6 is 0 Å². The lowest BCUT2D eigenvalue weighted by molar-refractivity contribution is -0.115. The van der Waals surface area contributed by atoms with Gasteiger partial charge in [-0.2, -0.15) is 0 Å². The number of nitrogens with zero attached hydrogens (tertiary/aromatic N) is 2. The van der Waals surface area contributed by atoms with Gasteiger partial charge in [0, 0.05) is 50.6 Å². The van der Waals surface area contributed by atoms with E-state index in [2.05, 4.69) is 38.6 Å². The summed E-state index contributed by atoms with van der Waals surface area (Å²) < 4.78 is 18.6. The van der Waals surface area contributed by atoms with Crippen LogP contribution in [0.1, 0.15) is 27.0 Å². The fourth-order valence-corrected chi connectivity index (χ4v) is 5.01. The lowest BCUT2D eigenvalue weighted by atomic mass is 9.98. The molecule has 0 unspecified atom stereocenters. The summed E-state index contributed by atoms with van der Waals surface area (Å²) in [6.07, 6.45) is 1.02. The minimum Gasteiger partial charge on any atom is -0.379 e. The van der Waals surface area contributed by atoms with Crippen molar-refractivity contribution in [3.05, 3.63) is 94.8 Å². The van der Waals surface area contributed by atoms with Crippen molar-refractivity contribution in [3.63, 3.8) is 0 Å².